The van der Waals surface area contributed by atoms with Crippen LogP contribution in [0.1, 0.15) is 25.0 Å². The fraction of sp³-hybridized carbons (Fsp3) is 0.364. The number of aliphatic carboxylic acids is 1. The van der Waals surface area contributed by atoms with E-state index in [-0.39, 0.29) is 12.2 Å². The Kier molecular flexibility index (Phi) is 4.51. The second kappa shape index (κ2) is 5.67. The average Bonchev–Trinajstić information content (AvgIpc) is 2.25. The molecule has 1 N–H and O–H groups in total. The Morgan fingerprint density at radius 3 is 2.29 bits per heavy atom. The van der Waals surface area contributed by atoms with Gasteiger partial charge in [-0.25, -0.2) is 18.0 Å². The average molecular weight is 248 g/mol. The molecule has 0 saturated heterocycles. The summed E-state index contributed by atoms with van der Waals surface area (Å²) in [4.78, 5) is 10.8. The van der Waals surface area contributed by atoms with Crippen molar-refractivity contribution in [1.82, 2.24) is 0 Å². The van der Waals surface area contributed by atoms with Crippen molar-refractivity contribution in [1.29, 1.82) is 0 Å². The van der Waals surface area contributed by atoms with Crippen molar-refractivity contribution in [2.45, 2.75) is 19.4 Å². The van der Waals surface area contributed by atoms with E-state index in [0.717, 1.165) is 0 Å². The Labute approximate surface area is 95.8 Å². The number of benzene rings is 1. The minimum Gasteiger partial charge on any atom is -0.479 e. The predicted octanol–water partition coefficient (Wildman–Crippen LogP) is 2.66. The maximum absolute atomic E-state index is 12.9. The quantitative estimate of drug-likeness (QED) is 0.815. The van der Waals surface area contributed by atoms with Crippen molar-refractivity contribution in [2.75, 3.05) is 6.61 Å². The molecule has 3 nitrogen and oxygen atoms in total. The first-order chi connectivity index (χ1) is 7.97. The lowest BCUT2D eigenvalue weighted by Crippen LogP contribution is -2.16. The van der Waals surface area contributed by atoms with E-state index in [9.17, 15) is 18.0 Å². The highest BCUT2D eigenvalue weighted by Crippen LogP contribution is 2.22. The number of hydrogen-bond acceptors (Lipinski definition) is 2. The molecule has 0 fully saturated rings. The van der Waals surface area contributed by atoms with Crippen LogP contribution in [0.25, 0.3) is 0 Å². The predicted molar refractivity (Wildman–Crippen MR) is 52.9 cm³/mol. The summed E-state index contributed by atoms with van der Waals surface area (Å²) in [5, 5.41) is 8.84. The van der Waals surface area contributed by atoms with Gasteiger partial charge in [-0.3, -0.25) is 0 Å². The van der Waals surface area contributed by atoms with Crippen LogP contribution in [-0.2, 0) is 9.53 Å². The molecule has 0 heterocycles. The number of hydrogen-bond donors (Lipinski definition) is 1. The van der Waals surface area contributed by atoms with Gasteiger partial charge in [0.2, 0.25) is 0 Å². The molecule has 0 spiro atoms. The third kappa shape index (κ3) is 3.20. The van der Waals surface area contributed by atoms with Crippen molar-refractivity contribution >= 4 is 5.97 Å². The van der Waals surface area contributed by atoms with E-state index in [1.807, 2.05) is 0 Å². The molecule has 0 aliphatic heterocycles. The minimum absolute atomic E-state index is 0.123. The van der Waals surface area contributed by atoms with Crippen LogP contribution in [0.15, 0.2) is 12.1 Å². The maximum atomic E-state index is 12.9. The van der Waals surface area contributed by atoms with E-state index in [2.05, 4.69) is 0 Å². The molecule has 0 saturated carbocycles. The molecule has 0 aliphatic carbocycles. The Morgan fingerprint density at radius 2 is 1.88 bits per heavy atom. The van der Waals surface area contributed by atoms with E-state index in [4.69, 9.17) is 9.84 Å². The Balaban J connectivity index is 3.06. The summed E-state index contributed by atoms with van der Waals surface area (Å²) in [5.74, 6) is -5.89. The van der Waals surface area contributed by atoms with E-state index in [1.165, 1.54) is 0 Å². The minimum atomic E-state index is -1.63. The van der Waals surface area contributed by atoms with Crippen LogP contribution >= 0.6 is 0 Å². The van der Waals surface area contributed by atoms with Gasteiger partial charge in [0.05, 0.1) is 0 Å². The topological polar surface area (TPSA) is 46.5 Å². The van der Waals surface area contributed by atoms with E-state index in [1.54, 1.807) is 6.92 Å². The number of ether oxygens (including phenoxy) is 1. The SMILES string of the molecule is CCCOC(C(=O)O)c1cc(F)c(F)c(F)c1. The monoisotopic (exact) mass is 248 g/mol. The van der Waals surface area contributed by atoms with Gasteiger partial charge in [0.1, 0.15) is 0 Å². The summed E-state index contributed by atoms with van der Waals surface area (Å²) < 4.78 is 43.5. The number of carbonyl (C=O) groups is 1. The van der Waals surface area contributed by atoms with Gasteiger partial charge in [-0.1, -0.05) is 6.92 Å². The van der Waals surface area contributed by atoms with Gasteiger partial charge < -0.3 is 9.84 Å². The highest BCUT2D eigenvalue weighted by Gasteiger charge is 2.23. The molecule has 6 heteroatoms. The number of carboxylic acid groups (broad SMARTS) is 1. The Bertz CT molecular complexity index is 397. The summed E-state index contributed by atoms with van der Waals surface area (Å²) in [5.41, 5.74) is -0.262. The Morgan fingerprint density at radius 1 is 1.35 bits per heavy atom. The van der Waals surface area contributed by atoms with Gasteiger partial charge in [0, 0.05) is 6.61 Å². The fourth-order valence-electron chi connectivity index (χ4n) is 1.27. The molecule has 0 aromatic heterocycles. The van der Waals surface area contributed by atoms with Crippen LogP contribution < -0.4 is 0 Å². The van der Waals surface area contributed by atoms with Crippen molar-refractivity contribution in [3.05, 3.63) is 35.1 Å². The van der Waals surface area contributed by atoms with Crippen LogP contribution in [0.4, 0.5) is 13.2 Å². The number of rotatable bonds is 5. The molecule has 1 unspecified atom stereocenters. The van der Waals surface area contributed by atoms with E-state index < -0.39 is 29.5 Å². The molecule has 1 rings (SSSR count). The van der Waals surface area contributed by atoms with Gasteiger partial charge in [0.25, 0.3) is 0 Å². The fourth-order valence-corrected chi connectivity index (χ4v) is 1.27. The smallest absolute Gasteiger partial charge is 0.337 e. The van der Waals surface area contributed by atoms with Crippen molar-refractivity contribution in [2.24, 2.45) is 0 Å². The molecule has 0 radical (unpaired) electrons. The standard InChI is InChI=1S/C11H11F3O3/c1-2-3-17-10(11(15)16)6-4-7(12)9(14)8(13)5-6/h4-5,10H,2-3H2,1H3,(H,15,16). The van der Waals surface area contributed by atoms with Crippen LogP contribution in [0.5, 0.6) is 0 Å². The van der Waals surface area contributed by atoms with Gasteiger partial charge in [-0.05, 0) is 24.1 Å². The lowest BCUT2D eigenvalue weighted by atomic mass is 10.1. The number of carboxylic acids is 1. The zero-order valence-electron chi connectivity index (χ0n) is 9.04. The molecule has 94 valence electrons. The Hall–Kier alpha value is -1.56. The van der Waals surface area contributed by atoms with Gasteiger partial charge in [0.15, 0.2) is 23.6 Å². The zero-order chi connectivity index (χ0) is 13.0. The molecule has 0 amide bonds. The van der Waals surface area contributed by atoms with E-state index in [0.29, 0.717) is 18.6 Å². The third-order valence-corrected chi connectivity index (χ3v) is 2.02. The van der Waals surface area contributed by atoms with Crippen molar-refractivity contribution in [3.63, 3.8) is 0 Å². The van der Waals surface area contributed by atoms with Crippen molar-refractivity contribution in [3.8, 4) is 0 Å². The molecular formula is C11H11F3O3. The summed E-state index contributed by atoms with van der Waals surface area (Å²) >= 11 is 0. The number of halogens is 3. The molecule has 0 bridgehead atoms. The first-order valence-corrected chi connectivity index (χ1v) is 4.96. The summed E-state index contributed by atoms with van der Waals surface area (Å²) in [6.07, 6.45) is -0.949. The molecule has 0 aliphatic rings. The van der Waals surface area contributed by atoms with Gasteiger partial charge in [-0.2, -0.15) is 0 Å². The van der Waals surface area contributed by atoms with Crippen molar-refractivity contribution < 1.29 is 27.8 Å². The normalized spacial score (nSPS) is 12.5. The summed E-state index contributed by atoms with van der Waals surface area (Å²) in [6, 6.07) is 1.24. The van der Waals surface area contributed by atoms with Crippen LogP contribution in [0.3, 0.4) is 0 Å². The zero-order valence-corrected chi connectivity index (χ0v) is 9.04. The first kappa shape index (κ1) is 13.5. The summed E-state index contributed by atoms with van der Waals surface area (Å²) in [6.45, 7) is 1.88. The lowest BCUT2D eigenvalue weighted by Gasteiger charge is -2.13. The molecule has 1 aromatic rings. The van der Waals surface area contributed by atoms with Crippen LogP contribution in [0, 0.1) is 17.5 Å². The highest BCUT2D eigenvalue weighted by atomic mass is 19.2. The summed E-state index contributed by atoms with van der Waals surface area (Å²) in [7, 11) is 0. The van der Waals surface area contributed by atoms with Crippen LogP contribution in [0.2, 0.25) is 0 Å². The molecule has 1 aromatic carbocycles. The largest absolute Gasteiger partial charge is 0.479 e. The second-order valence-corrected chi connectivity index (χ2v) is 3.39. The van der Waals surface area contributed by atoms with Gasteiger partial charge in [-0.15, -0.1) is 0 Å². The van der Waals surface area contributed by atoms with Gasteiger partial charge >= 0.3 is 5.97 Å². The second-order valence-electron chi connectivity index (χ2n) is 3.39. The molecule has 1 atom stereocenters. The third-order valence-electron chi connectivity index (χ3n) is 2.02. The lowest BCUT2D eigenvalue weighted by molar-refractivity contribution is -0.150. The molecule has 17 heavy (non-hydrogen) atoms. The first-order valence-electron chi connectivity index (χ1n) is 4.96. The molecular weight excluding hydrogens is 237 g/mol. The highest BCUT2D eigenvalue weighted by molar-refractivity contribution is 5.74. The van der Waals surface area contributed by atoms with Crippen LogP contribution in [-0.4, -0.2) is 17.7 Å². The maximum Gasteiger partial charge on any atom is 0.337 e. The van der Waals surface area contributed by atoms with E-state index >= 15 is 0 Å².